The quantitative estimate of drug-likeness (QED) is 0.524. The Hall–Kier alpha value is -3.48. The molecule has 7 heteroatoms. The number of hydrogen-bond acceptors (Lipinski definition) is 6. The van der Waals surface area contributed by atoms with E-state index in [4.69, 9.17) is 4.52 Å². The van der Waals surface area contributed by atoms with E-state index in [1.807, 2.05) is 61.3 Å². The van der Waals surface area contributed by atoms with Crippen LogP contribution in [-0.4, -0.2) is 24.9 Å². The molecule has 3 heterocycles. The molecule has 0 fully saturated rings. The molecule has 0 spiro atoms. The van der Waals surface area contributed by atoms with E-state index in [0.29, 0.717) is 18.3 Å². The van der Waals surface area contributed by atoms with E-state index in [9.17, 15) is 0 Å². The van der Waals surface area contributed by atoms with Crippen molar-refractivity contribution in [2.45, 2.75) is 32.9 Å². The van der Waals surface area contributed by atoms with E-state index in [1.54, 1.807) is 6.20 Å². The van der Waals surface area contributed by atoms with Gasteiger partial charge in [-0.1, -0.05) is 49.3 Å². The second kappa shape index (κ2) is 8.04. The first-order valence-corrected chi connectivity index (χ1v) is 9.26. The van der Waals surface area contributed by atoms with E-state index >= 15 is 0 Å². The summed E-state index contributed by atoms with van der Waals surface area (Å²) in [5, 5.41) is 11.8. The summed E-state index contributed by atoms with van der Waals surface area (Å²) < 4.78 is 7.29. The first-order chi connectivity index (χ1) is 13.7. The highest BCUT2D eigenvalue weighted by Crippen LogP contribution is 2.21. The molecule has 0 radical (unpaired) electrons. The molecule has 142 valence electrons. The molecule has 0 bridgehead atoms. The van der Waals surface area contributed by atoms with Crippen LogP contribution in [0.1, 0.15) is 36.7 Å². The van der Waals surface area contributed by atoms with Gasteiger partial charge in [0.15, 0.2) is 5.82 Å². The van der Waals surface area contributed by atoms with Gasteiger partial charge in [0.25, 0.3) is 5.89 Å². The normalized spacial score (nSPS) is 11.1. The van der Waals surface area contributed by atoms with Crippen molar-refractivity contribution < 1.29 is 4.52 Å². The minimum absolute atomic E-state index is 0.226. The Morgan fingerprint density at radius 2 is 1.96 bits per heavy atom. The van der Waals surface area contributed by atoms with Crippen molar-refractivity contribution >= 4 is 5.82 Å². The van der Waals surface area contributed by atoms with Gasteiger partial charge in [0.1, 0.15) is 5.82 Å². The van der Waals surface area contributed by atoms with Crippen LogP contribution in [0.4, 0.5) is 5.82 Å². The number of anilines is 1. The van der Waals surface area contributed by atoms with Gasteiger partial charge in [-0.15, -0.1) is 0 Å². The Labute approximate surface area is 163 Å². The third kappa shape index (κ3) is 4.25. The maximum absolute atomic E-state index is 5.36. The highest BCUT2D eigenvalue weighted by Gasteiger charge is 2.12. The molecule has 0 aliphatic carbocycles. The molecule has 0 aliphatic rings. The van der Waals surface area contributed by atoms with E-state index < -0.39 is 0 Å². The van der Waals surface area contributed by atoms with Crippen LogP contribution in [0.25, 0.3) is 11.5 Å². The summed E-state index contributed by atoms with van der Waals surface area (Å²) in [6.45, 7) is 5.45. The smallest absolute Gasteiger partial charge is 0.258 e. The molecule has 3 aromatic heterocycles. The van der Waals surface area contributed by atoms with Gasteiger partial charge in [-0.25, -0.2) is 4.98 Å². The van der Waals surface area contributed by atoms with Gasteiger partial charge in [0, 0.05) is 36.0 Å². The van der Waals surface area contributed by atoms with Gasteiger partial charge in [-0.2, -0.15) is 10.1 Å². The average molecular weight is 374 g/mol. The minimum Gasteiger partial charge on any atom is -0.366 e. The maximum atomic E-state index is 5.36. The summed E-state index contributed by atoms with van der Waals surface area (Å²) in [4.78, 5) is 8.80. The predicted octanol–water partition coefficient (Wildman–Crippen LogP) is 4.11. The zero-order valence-corrected chi connectivity index (χ0v) is 15.9. The largest absolute Gasteiger partial charge is 0.366 e. The van der Waals surface area contributed by atoms with E-state index in [1.165, 1.54) is 5.56 Å². The number of rotatable bonds is 7. The molecular weight excluding hydrogens is 352 g/mol. The molecular formula is C21H22N6O. The maximum Gasteiger partial charge on any atom is 0.258 e. The lowest BCUT2D eigenvalue weighted by Gasteiger charge is -2.05. The van der Waals surface area contributed by atoms with Crippen LogP contribution < -0.4 is 5.32 Å². The van der Waals surface area contributed by atoms with Gasteiger partial charge in [-0.3, -0.25) is 4.68 Å². The molecule has 28 heavy (non-hydrogen) atoms. The molecule has 7 nitrogen and oxygen atoms in total. The second-order valence-corrected chi connectivity index (χ2v) is 6.93. The lowest BCUT2D eigenvalue weighted by Crippen LogP contribution is -2.01. The lowest BCUT2D eigenvalue weighted by atomic mass is 10.2. The summed E-state index contributed by atoms with van der Waals surface area (Å²) in [5.41, 5.74) is 3.15. The number of benzene rings is 1. The summed E-state index contributed by atoms with van der Waals surface area (Å²) in [7, 11) is 0. The Morgan fingerprint density at radius 1 is 1.11 bits per heavy atom. The van der Waals surface area contributed by atoms with Crippen molar-refractivity contribution in [3.8, 4) is 11.5 Å². The zero-order chi connectivity index (χ0) is 19.3. The number of hydrogen-bond donors (Lipinski definition) is 1. The molecule has 0 unspecified atom stereocenters. The number of aromatic nitrogens is 5. The number of pyridine rings is 1. The van der Waals surface area contributed by atoms with Crippen molar-refractivity contribution in [2.75, 3.05) is 5.32 Å². The lowest BCUT2D eigenvalue weighted by molar-refractivity contribution is 0.419. The highest BCUT2D eigenvalue weighted by atomic mass is 16.5. The summed E-state index contributed by atoms with van der Waals surface area (Å²) in [5.74, 6) is 2.18. The van der Waals surface area contributed by atoms with Crippen LogP contribution in [0, 0.1) is 0 Å². The molecule has 0 aliphatic heterocycles. The fourth-order valence-corrected chi connectivity index (χ4v) is 2.79. The molecule has 0 saturated heterocycles. The van der Waals surface area contributed by atoms with Gasteiger partial charge in [0.05, 0.1) is 12.7 Å². The second-order valence-electron chi connectivity index (χ2n) is 6.93. The SMILES string of the molecule is CC(C)c1noc(-c2ccnc(NCc3cnn(Cc4ccccc4)c3)c2)n1. The van der Waals surface area contributed by atoms with E-state index in [2.05, 4.69) is 37.7 Å². The third-order valence-corrected chi connectivity index (χ3v) is 4.31. The Balaban J connectivity index is 1.40. The van der Waals surface area contributed by atoms with Gasteiger partial charge < -0.3 is 9.84 Å². The molecule has 0 saturated carbocycles. The monoisotopic (exact) mass is 374 g/mol. The van der Waals surface area contributed by atoms with E-state index in [0.717, 1.165) is 23.5 Å². The van der Waals surface area contributed by atoms with Crippen molar-refractivity contribution in [3.63, 3.8) is 0 Å². The van der Waals surface area contributed by atoms with Crippen molar-refractivity contribution in [2.24, 2.45) is 0 Å². The topological polar surface area (TPSA) is 81.7 Å². The fraction of sp³-hybridized carbons (Fsp3) is 0.238. The van der Waals surface area contributed by atoms with Crippen LogP contribution in [0.15, 0.2) is 65.6 Å². The fourth-order valence-electron chi connectivity index (χ4n) is 2.79. The Kier molecular flexibility index (Phi) is 5.14. The first kappa shape index (κ1) is 17.9. The van der Waals surface area contributed by atoms with Crippen molar-refractivity contribution in [3.05, 3.63) is 78.0 Å². The van der Waals surface area contributed by atoms with E-state index in [-0.39, 0.29) is 5.92 Å². The summed E-state index contributed by atoms with van der Waals surface area (Å²) in [6, 6.07) is 14.0. The van der Waals surface area contributed by atoms with Crippen LogP contribution in [0.5, 0.6) is 0 Å². The third-order valence-electron chi connectivity index (χ3n) is 4.31. The van der Waals surface area contributed by atoms with Crippen LogP contribution in [-0.2, 0) is 13.1 Å². The van der Waals surface area contributed by atoms with Gasteiger partial charge >= 0.3 is 0 Å². The van der Waals surface area contributed by atoms with Crippen molar-refractivity contribution in [1.29, 1.82) is 0 Å². The Bertz CT molecular complexity index is 1040. The number of nitrogens with one attached hydrogen (secondary N) is 1. The molecule has 0 amide bonds. The summed E-state index contributed by atoms with van der Waals surface area (Å²) in [6.07, 6.45) is 5.64. The average Bonchev–Trinajstić information content (AvgIpc) is 3.37. The molecule has 1 aromatic carbocycles. The predicted molar refractivity (Wildman–Crippen MR) is 107 cm³/mol. The molecule has 1 N–H and O–H groups in total. The first-order valence-electron chi connectivity index (χ1n) is 9.26. The zero-order valence-electron chi connectivity index (χ0n) is 15.9. The van der Waals surface area contributed by atoms with Crippen LogP contribution in [0.3, 0.4) is 0 Å². The van der Waals surface area contributed by atoms with Crippen LogP contribution >= 0.6 is 0 Å². The Morgan fingerprint density at radius 3 is 2.75 bits per heavy atom. The highest BCUT2D eigenvalue weighted by molar-refractivity contribution is 5.57. The molecule has 4 rings (SSSR count). The minimum atomic E-state index is 0.226. The standard InChI is InChI=1S/C21H22N6O/c1-15(2)20-25-21(28-26-20)18-8-9-22-19(10-18)23-11-17-12-24-27(14-17)13-16-6-4-3-5-7-16/h3-10,12,14-15H,11,13H2,1-2H3,(H,22,23). The molecule has 0 atom stereocenters. The van der Waals surface area contributed by atoms with Gasteiger partial charge in [-0.05, 0) is 17.7 Å². The molecule has 4 aromatic rings. The number of nitrogens with zero attached hydrogens (tertiary/aromatic N) is 5. The summed E-state index contributed by atoms with van der Waals surface area (Å²) >= 11 is 0. The van der Waals surface area contributed by atoms with Crippen molar-refractivity contribution in [1.82, 2.24) is 24.9 Å². The van der Waals surface area contributed by atoms with Crippen LogP contribution in [0.2, 0.25) is 0 Å². The van der Waals surface area contributed by atoms with Gasteiger partial charge in [0.2, 0.25) is 0 Å².